The molecule has 7 nitrogen and oxygen atoms in total. The Morgan fingerprint density at radius 1 is 1.32 bits per heavy atom. The molecule has 0 fully saturated rings. The maximum absolute atomic E-state index is 13.4. The van der Waals surface area contributed by atoms with Crippen molar-refractivity contribution in [2.75, 3.05) is 6.54 Å². The van der Waals surface area contributed by atoms with Crippen LogP contribution in [-0.2, 0) is 14.8 Å². The molecule has 0 spiro atoms. The van der Waals surface area contributed by atoms with Gasteiger partial charge in [-0.05, 0) is 12.1 Å². The van der Waals surface area contributed by atoms with Crippen molar-refractivity contribution in [3.8, 4) is 0 Å². The van der Waals surface area contributed by atoms with Crippen LogP contribution in [0.1, 0.15) is 10.4 Å². The number of carbonyl (C=O) groups is 2. The predicted molar refractivity (Wildman–Crippen MR) is 57.7 cm³/mol. The summed E-state index contributed by atoms with van der Waals surface area (Å²) in [7, 11) is -4.59. The molecular formula is C9H8F2N2O5S. The summed E-state index contributed by atoms with van der Waals surface area (Å²) in [6, 6.07) is 0.773. The lowest BCUT2D eigenvalue weighted by molar-refractivity contribution is -0.116. The molecule has 104 valence electrons. The molecule has 1 amide bonds. The summed E-state index contributed by atoms with van der Waals surface area (Å²) in [5.41, 5.74) is 3.94. The van der Waals surface area contributed by atoms with Crippen LogP contribution in [0.3, 0.4) is 0 Å². The molecule has 0 aliphatic rings. The SMILES string of the molecule is NC(=O)CNS(=O)(=O)c1cc(C(=O)O)cc(F)c1F. The number of benzene rings is 1. The summed E-state index contributed by atoms with van der Waals surface area (Å²) < 4.78 is 51.2. The number of halogens is 2. The van der Waals surface area contributed by atoms with E-state index in [2.05, 4.69) is 0 Å². The minimum absolute atomic E-state index is 0.338. The van der Waals surface area contributed by atoms with Gasteiger partial charge in [-0.15, -0.1) is 0 Å². The van der Waals surface area contributed by atoms with Crippen LogP contribution in [0.4, 0.5) is 8.78 Å². The molecule has 4 N–H and O–H groups in total. The fourth-order valence-electron chi connectivity index (χ4n) is 1.13. The van der Waals surface area contributed by atoms with Crippen molar-refractivity contribution in [3.05, 3.63) is 29.3 Å². The van der Waals surface area contributed by atoms with Gasteiger partial charge in [-0.25, -0.2) is 26.7 Å². The molecule has 0 saturated heterocycles. The average Bonchev–Trinajstić information content (AvgIpc) is 2.29. The molecular weight excluding hydrogens is 286 g/mol. The van der Waals surface area contributed by atoms with Crippen molar-refractivity contribution in [2.45, 2.75) is 4.90 Å². The number of carboxylic acid groups (broad SMARTS) is 1. The quantitative estimate of drug-likeness (QED) is 0.670. The summed E-state index contributed by atoms with van der Waals surface area (Å²) in [6.45, 7) is -0.833. The minimum Gasteiger partial charge on any atom is -0.478 e. The van der Waals surface area contributed by atoms with Crippen LogP contribution < -0.4 is 10.5 Å². The monoisotopic (exact) mass is 294 g/mol. The number of primary amides is 1. The van der Waals surface area contributed by atoms with Gasteiger partial charge in [-0.3, -0.25) is 4.79 Å². The molecule has 1 aromatic rings. The van der Waals surface area contributed by atoms with Crippen molar-refractivity contribution in [3.63, 3.8) is 0 Å². The summed E-state index contributed by atoms with van der Waals surface area (Å²) in [4.78, 5) is 19.9. The number of nitrogens with one attached hydrogen (secondary N) is 1. The van der Waals surface area contributed by atoms with Crippen LogP contribution in [0, 0.1) is 11.6 Å². The first-order valence-corrected chi connectivity index (χ1v) is 6.14. The van der Waals surface area contributed by atoms with Gasteiger partial charge in [0.2, 0.25) is 15.9 Å². The first-order chi connectivity index (χ1) is 8.65. The standard InChI is InChI=1S/C9H8F2N2O5S/c10-5-1-4(9(15)16)2-6(8(5)11)19(17,18)13-3-7(12)14/h1-2,13H,3H2,(H2,12,14)(H,15,16). The second kappa shape index (κ2) is 5.28. The molecule has 0 aliphatic carbocycles. The van der Waals surface area contributed by atoms with E-state index < -0.39 is 50.5 Å². The summed E-state index contributed by atoms with van der Waals surface area (Å²) in [6.07, 6.45) is 0. The highest BCUT2D eigenvalue weighted by Crippen LogP contribution is 2.19. The van der Waals surface area contributed by atoms with Crippen LogP contribution >= 0.6 is 0 Å². The van der Waals surface area contributed by atoms with E-state index in [1.807, 2.05) is 0 Å². The Labute approximate surface area is 106 Å². The molecule has 0 atom stereocenters. The highest BCUT2D eigenvalue weighted by molar-refractivity contribution is 7.89. The van der Waals surface area contributed by atoms with E-state index in [9.17, 15) is 26.8 Å². The lowest BCUT2D eigenvalue weighted by Crippen LogP contribution is -2.34. The maximum Gasteiger partial charge on any atom is 0.335 e. The van der Waals surface area contributed by atoms with Gasteiger partial charge in [0.1, 0.15) is 4.90 Å². The van der Waals surface area contributed by atoms with Crippen molar-refractivity contribution in [2.24, 2.45) is 5.73 Å². The Hall–Kier alpha value is -2.07. The van der Waals surface area contributed by atoms with Crippen molar-refractivity contribution < 1.29 is 31.9 Å². The topological polar surface area (TPSA) is 127 Å². The smallest absolute Gasteiger partial charge is 0.335 e. The number of carboxylic acids is 1. The first kappa shape index (κ1) is 15.0. The third-order valence-corrected chi connectivity index (χ3v) is 3.37. The van der Waals surface area contributed by atoms with Gasteiger partial charge in [-0.1, -0.05) is 0 Å². The van der Waals surface area contributed by atoms with E-state index in [1.165, 1.54) is 0 Å². The predicted octanol–water partition coefficient (Wildman–Crippen LogP) is -0.573. The highest BCUT2D eigenvalue weighted by atomic mass is 32.2. The lowest BCUT2D eigenvalue weighted by atomic mass is 10.2. The van der Waals surface area contributed by atoms with Gasteiger partial charge < -0.3 is 10.8 Å². The van der Waals surface area contributed by atoms with E-state index in [-0.39, 0.29) is 0 Å². The van der Waals surface area contributed by atoms with Gasteiger partial charge in [0.15, 0.2) is 11.6 Å². The zero-order chi connectivity index (χ0) is 14.8. The fourth-order valence-corrected chi connectivity index (χ4v) is 2.23. The van der Waals surface area contributed by atoms with E-state index in [0.29, 0.717) is 12.1 Å². The third kappa shape index (κ3) is 3.45. The first-order valence-electron chi connectivity index (χ1n) is 4.65. The van der Waals surface area contributed by atoms with Crippen LogP contribution in [0.5, 0.6) is 0 Å². The van der Waals surface area contributed by atoms with Gasteiger partial charge in [0.25, 0.3) is 0 Å². The number of rotatable bonds is 5. The van der Waals surface area contributed by atoms with E-state index in [1.54, 1.807) is 4.72 Å². The van der Waals surface area contributed by atoms with E-state index >= 15 is 0 Å². The molecule has 10 heteroatoms. The molecule has 1 aromatic carbocycles. The van der Waals surface area contributed by atoms with Crippen LogP contribution in [-0.4, -0.2) is 31.9 Å². The molecule has 0 heterocycles. The number of amides is 1. The highest BCUT2D eigenvalue weighted by Gasteiger charge is 2.24. The fraction of sp³-hybridized carbons (Fsp3) is 0.111. The lowest BCUT2D eigenvalue weighted by Gasteiger charge is -2.07. The van der Waals surface area contributed by atoms with Crippen LogP contribution in [0.2, 0.25) is 0 Å². The number of carbonyl (C=O) groups excluding carboxylic acids is 1. The van der Waals surface area contributed by atoms with Crippen molar-refractivity contribution in [1.82, 2.24) is 4.72 Å². The molecule has 0 radical (unpaired) electrons. The van der Waals surface area contributed by atoms with Crippen molar-refractivity contribution in [1.29, 1.82) is 0 Å². The number of hydrogen-bond acceptors (Lipinski definition) is 4. The Bertz CT molecular complexity index is 644. The molecule has 0 bridgehead atoms. The number of nitrogens with two attached hydrogens (primary N) is 1. The molecule has 0 saturated carbocycles. The molecule has 0 aliphatic heterocycles. The van der Waals surface area contributed by atoms with Crippen molar-refractivity contribution >= 4 is 21.9 Å². The average molecular weight is 294 g/mol. The Balaban J connectivity index is 3.33. The van der Waals surface area contributed by atoms with Gasteiger partial charge in [0, 0.05) is 0 Å². The largest absolute Gasteiger partial charge is 0.478 e. The zero-order valence-electron chi connectivity index (χ0n) is 9.18. The Morgan fingerprint density at radius 2 is 1.89 bits per heavy atom. The second-order valence-electron chi connectivity index (χ2n) is 3.37. The normalized spacial score (nSPS) is 11.3. The maximum atomic E-state index is 13.4. The number of sulfonamides is 1. The van der Waals surface area contributed by atoms with E-state index in [0.717, 1.165) is 0 Å². The zero-order valence-corrected chi connectivity index (χ0v) is 10.0. The Morgan fingerprint density at radius 3 is 2.37 bits per heavy atom. The van der Waals surface area contributed by atoms with Gasteiger partial charge >= 0.3 is 5.97 Å². The molecule has 0 aromatic heterocycles. The Kier molecular flexibility index (Phi) is 4.17. The second-order valence-corrected chi connectivity index (χ2v) is 5.10. The van der Waals surface area contributed by atoms with E-state index in [4.69, 9.17) is 10.8 Å². The summed E-state index contributed by atoms with van der Waals surface area (Å²) >= 11 is 0. The minimum atomic E-state index is -4.59. The van der Waals surface area contributed by atoms with Gasteiger partial charge in [-0.2, -0.15) is 0 Å². The van der Waals surface area contributed by atoms with Crippen LogP contribution in [0.15, 0.2) is 17.0 Å². The molecule has 1 rings (SSSR count). The molecule has 0 unspecified atom stereocenters. The summed E-state index contributed by atoms with van der Waals surface area (Å²) in [5.74, 6) is -6.06. The number of hydrogen-bond donors (Lipinski definition) is 3. The summed E-state index contributed by atoms with van der Waals surface area (Å²) in [5, 5.41) is 8.63. The van der Waals surface area contributed by atoms with Gasteiger partial charge in [0.05, 0.1) is 12.1 Å². The molecule has 19 heavy (non-hydrogen) atoms. The number of aromatic carboxylic acids is 1. The third-order valence-electron chi connectivity index (χ3n) is 1.97. The van der Waals surface area contributed by atoms with Crippen LogP contribution in [0.25, 0.3) is 0 Å².